The zero-order valence-electron chi connectivity index (χ0n) is 6.38. The zero-order chi connectivity index (χ0) is 8.10. The number of hydrogen-bond donors (Lipinski definition) is 0. The van der Waals surface area contributed by atoms with Gasteiger partial charge in [-0.3, -0.25) is 0 Å². The third-order valence-electron chi connectivity index (χ3n) is 1.67. The van der Waals surface area contributed by atoms with Gasteiger partial charge in [-0.25, -0.2) is 4.79 Å². The molecule has 0 N–H and O–H groups in total. The lowest BCUT2D eigenvalue weighted by Gasteiger charge is -2.13. The van der Waals surface area contributed by atoms with Crippen LogP contribution in [0.15, 0.2) is 0 Å². The number of ether oxygens (including phenoxy) is 1. The Balaban J connectivity index is 2.17. The number of halogens is 1. The second-order valence-electron chi connectivity index (χ2n) is 2.50. The Labute approximate surface area is 71.3 Å². The average molecular weight is 178 g/mol. The first-order valence-corrected chi connectivity index (χ1v) is 4.35. The third kappa shape index (κ3) is 2.58. The molecule has 0 aromatic carbocycles. The van der Waals surface area contributed by atoms with Crippen molar-refractivity contribution in [3.8, 4) is 0 Å². The number of carbonyl (C=O) groups excluding carboxylic acids is 1. The number of likely N-dealkylation sites (tertiary alicyclic amines) is 1. The SMILES string of the molecule is O=C(OCCCl)N1CCCC1. The van der Waals surface area contributed by atoms with Crippen molar-refractivity contribution < 1.29 is 9.53 Å². The van der Waals surface area contributed by atoms with Crippen molar-refractivity contribution in [3.05, 3.63) is 0 Å². The van der Waals surface area contributed by atoms with Gasteiger partial charge in [-0.15, -0.1) is 11.6 Å². The van der Waals surface area contributed by atoms with Gasteiger partial charge >= 0.3 is 6.09 Å². The van der Waals surface area contributed by atoms with E-state index in [0.29, 0.717) is 12.5 Å². The van der Waals surface area contributed by atoms with Crippen LogP contribution < -0.4 is 0 Å². The molecule has 0 aromatic heterocycles. The standard InChI is InChI=1S/C7H12ClNO2/c8-3-6-11-7(10)9-4-1-2-5-9/h1-6H2. The van der Waals surface area contributed by atoms with Crippen molar-refractivity contribution >= 4 is 17.7 Å². The summed E-state index contributed by atoms with van der Waals surface area (Å²) < 4.78 is 4.83. The van der Waals surface area contributed by atoms with Gasteiger partial charge in [-0.05, 0) is 12.8 Å². The number of hydrogen-bond acceptors (Lipinski definition) is 2. The van der Waals surface area contributed by atoms with Crippen LogP contribution in [0.4, 0.5) is 4.79 Å². The minimum Gasteiger partial charge on any atom is -0.448 e. The predicted octanol–water partition coefficient (Wildman–Crippen LogP) is 1.46. The van der Waals surface area contributed by atoms with Crippen molar-refractivity contribution in [3.63, 3.8) is 0 Å². The summed E-state index contributed by atoms with van der Waals surface area (Å²) in [6, 6.07) is 0. The summed E-state index contributed by atoms with van der Waals surface area (Å²) in [5.74, 6) is 0.375. The Morgan fingerprint density at radius 3 is 2.64 bits per heavy atom. The Morgan fingerprint density at radius 1 is 1.45 bits per heavy atom. The van der Waals surface area contributed by atoms with Gasteiger partial charge in [0.2, 0.25) is 0 Å². The van der Waals surface area contributed by atoms with Crippen LogP contribution in [0, 0.1) is 0 Å². The Hall–Kier alpha value is -0.440. The fourth-order valence-electron chi connectivity index (χ4n) is 1.12. The molecule has 0 spiro atoms. The van der Waals surface area contributed by atoms with Crippen LogP contribution >= 0.6 is 11.6 Å². The van der Waals surface area contributed by atoms with E-state index in [0.717, 1.165) is 25.9 Å². The van der Waals surface area contributed by atoms with E-state index in [2.05, 4.69) is 0 Å². The lowest BCUT2D eigenvalue weighted by Crippen LogP contribution is -2.28. The second-order valence-corrected chi connectivity index (χ2v) is 2.88. The van der Waals surface area contributed by atoms with Crippen LogP contribution in [0.1, 0.15) is 12.8 Å². The smallest absolute Gasteiger partial charge is 0.409 e. The molecular formula is C7H12ClNO2. The van der Waals surface area contributed by atoms with Crippen LogP contribution in [-0.2, 0) is 4.74 Å². The molecule has 3 nitrogen and oxygen atoms in total. The average Bonchev–Trinajstić information content (AvgIpc) is 2.52. The molecule has 64 valence electrons. The third-order valence-corrected chi connectivity index (χ3v) is 1.82. The van der Waals surface area contributed by atoms with E-state index in [1.165, 1.54) is 0 Å². The maximum absolute atomic E-state index is 11.0. The highest BCUT2D eigenvalue weighted by Gasteiger charge is 2.18. The summed E-state index contributed by atoms with van der Waals surface area (Å²) in [6.07, 6.45) is 1.97. The predicted molar refractivity (Wildman–Crippen MR) is 42.9 cm³/mol. The van der Waals surface area contributed by atoms with Crippen LogP contribution in [0.5, 0.6) is 0 Å². The molecule has 0 aromatic rings. The summed E-state index contributed by atoms with van der Waals surface area (Å²) in [6.45, 7) is 1.99. The van der Waals surface area contributed by atoms with Gasteiger partial charge in [0.1, 0.15) is 6.61 Å². The largest absolute Gasteiger partial charge is 0.448 e. The number of alkyl halides is 1. The Kier molecular flexibility index (Phi) is 3.49. The van der Waals surface area contributed by atoms with Gasteiger partial charge in [0.25, 0.3) is 0 Å². The topological polar surface area (TPSA) is 29.5 Å². The molecule has 1 fully saturated rings. The highest BCUT2D eigenvalue weighted by molar-refractivity contribution is 6.18. The molecule has 1 amide bonds. The molecule has 4 heteroatoms. The van der Waals surface area contributed by atoms with E-state index < -0.39 is 0 Å². The molecule has 1 heterocycles. The van der Waals surface area contributed by atoms with Gasteiger partial charge in [-0.2, -0.15) is 0 Å². The van der Waals surface area contributed by atoms with Crippen molar-refractivity contribution in [2.45, 2.75) is 12.8 Å². The van der Waals surface area contributed by atoms with Crippen molar-refractivity contribution in [2.24, 2.45) is 0 Å². The minimum absolute atomic E-state index is 0.219. The number of nitrogens with zero attached hydrogens (tertiary/aromatic N) is 1. The normalized spacial score (nSPS) is 17.0. The quantitative estimate of drug-likeness (QED) is 0.598. The first-order valence-electron chi connectivity index (χ1n) is 3.82. The first kappa shape index (κ1) is 8.65. The van der Waals surface area contributed by atoms with Gasteiger partial charge in [0.05, 0.1) is 5.88 Å². The maximum atomic E-state index is 11.0. The van der Waals surface area contributed by atoms with Crippen molar-refractivity contribution in [1.29, 1.82) is 0 Å². The molecule has 0 bridgehead atoms. The second kappa shape index (κ2) is 4.44. The molecule has 0 unspecified atom stereocenters. The fraction of sp³-hybridized carbons (Fsp3) is 0.857. The molecule has 0 saturated carbocycles. The lowest BCUT2D eigenvalue weighted by atomic mass is 10.4. The van der Waals surface area contributed by atoms with Crippen molar-refractivity contribution in [2.75, 3.05) is 25.6 Å². The van der Waals surface area contributed by atoms with Crippen molar-refractivity contribution in [1.82, 2.24) is 4.90 Å². The molecular weight excluding hydrogens is 166 g/mol. The van der Waals surface area contributed by atoms with Crippen LogP contribution in [0.2, 0.25) is 0 Å². The Bertz CT molecular complexity index is 134. The monoisotopic (exact) mass is 177 g/mol. The molecule has 0 atom stereocenters. The molecule has 1 aliphatic heterocycles. The molecule has 1 rings (SSSR count). The lowest BCUT2D eigenvalue weighted by molar-refractivity contribution is 0.116. The van der Waals surface area contributed by atoms with Gasteiger partial charge in [0, 0.05) is 13.1 Å². The Morgan fingerprint density at radius 2 is 2.09 bits per heavy atom. The highest BCUT2D eigenvalue weighted by atomic mass is 35.5. The van der Waals surface area contributed by atoms with Gasteiger partial charge < -0.3 is 9.64 Å². The zero-order valence-corrected chi connectivity index (χ0v) is 7.14. The van der Waals surface area contributed by atoms with Gasteiger partial charge in [0.15, 0.2) is 0 Å². The number of amides is 1. The number of rotatable bonds is 2. The van der Waals surface area contributed by atoms with E-state index in [9.17, 15) is 4.79 Å². The molecule has 0 aliphatic carbocycles. The minimum atomic E-state index is -0.219. The van der Waals surface area contributed by atoms with E-state index in [1.54, 1.807) is 4.90 Å². The van der Waals surface area contributed by atoms with E-state index in [1.807, 2.05) is 0 Å². The van der Waals surface area contributed by atoms with Crippen LogP contribution in [0.25, 0.3) is 0 Å². The first-order chi connectivity index (χ1) is 5.34. The van der Waals surface area contributed by atoms with Crippen LogP contribution in [0.3, 0.4) is 0 Å². The number of carbonyl (C=O) groups is 1. The highest BCUT2D eigenvalue weighted by Crippen LogP contribution is 2.08. The molecule has 1 saturated heterocycles. The van der Waals surface area contributed by atoms with E-state index >= 15 is 0 Å². The summed E-state index contributed by atoms with van der Waals surface area (Å²) in [5.41, 5.74) is 0. The molecule has 0 radical (unpaired) electrons. The summed E-state index contributed by atoms with van der Waals surface area (Å²) in [5, 5.41) is 0. The summed E-state index contributed by atoms with van der Waals surface area (Å²) in [7, 11) is 0. The van der Waals surface area contributed by atoms with Gasteiger partial charge in [-0.1, -0.05) is 0 Å². The summed E-state index contributed by atoms with van der Waals surface area (Å²) >= 11 is 5.36. The maximum Gasteiger partial charge on any atom is 0.409 e. The van der Waals surface area contributed by atoms with E-state index in [4.69, 9.17) is 16.3 Å². The van der Waals surface area contributed by atoms with Crippen LogP contribution in [-0.4, -0.2) is 36.6 Å². The van der Waals surface area contributed by atoms with E-state index in [-0.39, 0.29) is 6.09 Å². The molecule has 1 aliphatic rings. The fourth-order valence-corrected chi connectivity index (χ4v) is 1.19. The molecule has 11 heavy (non-hydrogen) atoms. The summed E-state index contributed by atoms with van der Waals surface area (Å²) in [4.78, 5) is 12.8.